The highest BCUT2D eigenvalue weighted by Crippen LogP contribution is 2.50. The van der Waals surface area contributed by atoms with Gasteiger partial charge in [-0.15, -0.1) is 23.2 Å². The Balaban J connectivity index is 1.55. The van der Waals surface area contributed by atoms with Gasteiger partial charge in [-0.3, -0.25) is 4.57 Å². The first kappa shape index (κ1) is 29.1. The van der Waals surface area contributed by atoms with Crippen LogP contribution in [-0.2, 0) is 19.4 Å². The molecule has 1 heterocycles. The lowest BCUT2D eigenvalue weighted by Gasteiger charge is -2.43. The molecule has 0 fully saturated rings. The molecule has 0 aliphatic carbocycles. The summed E-state index contributed by atoms with van der Waals surface area (Å²) in [5.74, 6) is 1.25. The number of rotatable bonds is 11. The fraction of sp³-hybridized carbons (Fsp3) is 0.290. The minimum atomic E-state index is -3.60. The van der Waals surface area contributed by atoms with Crippen molar-refractivity contribution in [1.29, 1.82) is 0 Å². The zero-order chi connectivity index (χ0) is 28.2. The van der Waals surface area contributed by atoms with Crippen LogP contribution >= 0.6 is 30.9 Å². The van der Waals surface area contributed by atoms with Gasteiger partial charge in [0.05, 0.1) is 6.61 Å². The number of nitrogens with two attached hydrogens (primary N) is 1. The number of hydrogen-bond donors (Lipinski definition) is 1. The fourth-order valence-corrected chi connectivity index (χ4v) is 7.15. The third-order valence-corrected chi connectivity index (χ3v) is 9.19. The molecule has 0 saturated carbocycles. The van der Waals surface area contributed by atoms with E-state index in [4.69, 9.17) is 42.7 Å². The van der Waals surface area contributed by atoms with Crippen molar-refractivity contribution >= 4 is 41.6 Å². The molecule has 5 rings (SSSR count). The maximum Gasteiger partial charge on any atom is 0.340 e. The number of benzene rings is 4. The van der Waals surface area contributed by atoms with Crippen LogP contribution in [0, 0.1) is 6.92 Å². The standard InChI is InChI=1S/C31H33Cl2N2O4P/c1-23-12-13-24-21-28-29(22-25(24)20-23)38-30(14-19-37-40(34,36)35(17-15-32)18-16-33)39-31(28,26-8-4-2-5-9-26)27-10-6-3-7-11-27/h2-13,20-22,30H,14-19H2,1H3,(H2,34,36). The fourth-order valence-electron chi connectivity index (χ4n) is 5.22. The number of halogens is 2. The average molecular weight is 599 g/mol. The molecule has 4 aromatic carbocycles. The van der Waals surface area contributed by atoms with Gasteiger partial charge in [-0.2, -0.15) is 0 Å². The smallest absolute Gasteiger partial charge is 0.340 e. The highest BCUT2D eigenvalue weighted by molar-refractivity contribution is 7.53. The Morgan fingerprint density at radius 3 is 2.12 bits per heavy atom. The summed E-state index contributed by atoms with van der Waals surface area (Å²) in [7, 11) is -3.60. The van der Waals surface area contributed by atoms with Crippen LogP contribution in [0.15, 0.2) is 91.0 Å². The van der Waals surface area contributed by atoms with E-state index in [0.717, 1.165) is 33.2 Å². The number of fused-ring (bicyclic) bond motifs is 2. The van der Waals surface area contributed by atoms with E-state index in [1.165, 1.54) is 10.2 Å². The summed E-state index contributed by atoms with van der Waals surface area (Å²) >= 11 is 11.8. The van der Waals surface area contributed by atoms with Gasteiger partial charge in [0, 0.05) is 36.8 Å². The number of ether oxygens (including phenoxy) is 2. The number of hydrogen-bond acceptors (Lipinski definition) is 4. The second kappa shape index (κ2) is 12.6. The summed E-state index contributed by atoms with van der Waals surface area (Å²) in [6.07, 6.45) is -0.409. The SMILES string of the molecule is Cc1ccc2cc3c(cc2c1)OC(CCOP(N)(=O)N(CCCl)CCCl)OC3(c1ccccc1)c1ccccc1. The molecular weight excluding hydrogens is 566 g/mol. The zero-order valence-electron chi connectivity index (χ0n) is 22.3. The highest BCUT2D eigenvalue weighted by atomic mass is 35.5. The van der Waals surface area contributed by atoms with Crippen molar-refractivity contribution in [2.45, 2.75) is 25.2 Å². The Labute approximate surface area is 245 Å². The largest absolute Gasteiger partial charge is 0.464 e. The van der Waals surface area contributed by atoms with Gasteiger partial charge >= 0.3 is 7.67 Å². The summed E-state index contributed by atoms with van der Waals surface area (Å²) in [6.45, 7) is 2.75. The van der Waals surface area contributed by atoms with Gasteiger partial charge in [-0.25, -0.2) is 10.2 Å². The third kappa shape index (κ3) is 5.95. The Kier molecular flexibility index (Phi) is 9.18. The second-order valence-corrected chi connectivity index (χ2v) is 12.5. The normalized spacial score (nSPS) is 17.8. The maximum atomic E-state index is 13.2. The van der Waals surface area contributed by atoms with E-state index >= 15 is 0 Å². The minimum Gasteiger partial charge on any atom is -0.464 e. The quantitative estimate of drug-likeness (QED) is 0.143. The Bertz CT molecular complexity index is 1440. The van der Waals surface area contributed by atoms with Crippen LogP contribution in [-0.4, -0.2) is 42.4 Å². The van der Waals surface area contributed by atoms with Crippen LogP contribution in [0.2, 0.25) is 0 Å². The summed E-state index contributed by atoms with van der Waals surface area (Å²) in [4.78, 5) is 0. The van der Waals surface area contributed by atoms with Crippen LogP contribution < -0.4 is 10.2 Å². The minimum absolute atomic E-state index is 0.0567. The summed E-state index contributed by atoms with van der Waals surface area (Å²) < 4.78 is 33.8. The summed E-state index contributed by atoms with van der Waals surface area (Å²) in [5.41, 5.74) is 9.18. The Morgan fingerprint density at radius 1 is 0.900 bits per heavy atom. The van der Waals surface area contributed by atoms with E-state index in [9.17, 15) is 4.57 Å². The van der Waals surface area contributed by atoms with Gasteiger partial charge in [0.1, 0.15) is 5.75 Å². The summed E-state index contributed by atoms with van der Waals surface area (Å²) in [5, 5.41) is 2.17. The lowest BCUT2D eigenvalue weighted by atomic mass is 9.78. The molecule has 40 heavy (non-hydrogen) atoms. The molecular formula is C31H33Cl2N2O4P. The van der Waals surface area contributed by atoms with Crippen molar-refractivity contribution in [3.05, 3.63) is 113 Å². The second-order valence-electron chi connectivity index (χ2n) is 9.80. The first-order valence-corrected chi connectivity index (χ1v) is 16.0. The van der Waals surface area contributed by atoms with Gasteiger partial charge in [0.25, 0.3) is 0 Å². The van der Waals surface area contributed by atoms with Crippen LogP contribution in [0.4, 0.5) is 0 Å². The van der Waals surface area contributed by atoms with E-state index in [2.05, 4.69) is 61.5 Å². The van der Waals surface area contributed by atoms with E-state index in [-0.39, 0.29) is 18.4 Å². The molecule has 0 spiro atoms. The van der Waals surface area contributed by atoms with Crippen LogP contribution in [0.3, 0.4) is 0 Å². The third-order valence-electron chi connectivity index (χ3n) is 7.11. The summed E-state index contributed by atoms with van der Waals surface area (Å²) in [6, 6.07) is 30.9. The molecule has 210 valence electrons. The predicted octanol–water partition coefficient (Wildman–Crippen LogP) is 7.43. The van der Waals surface area contributed by atoms with Crippen molar-refractivity contribution < 1.29 is 18.6 Å². The van der Waals surface area contributed by atoms with Gasteiger partial charge < -0.3 is 14.0 Å². The average Bonchev–Trinajstić information content (AvgIpc) is 2.96. The molecule has 0 saturated heterocycles. The van der Waals surface area contributed by atoms with Gasteiger partial charge in [0.15, 0.2) is 5.60 Å². The van der Waals surface area contributed by atoms with Crippen LogP contribution in [0.5, 0.6) is 5.75 Å². The molecule has 2 unspecified atom stereocenters. The lowest BCUT2D eigenvalue weighted by molar-refractivity contribution is -0.168. The van der Waals surface area contributed by atoms with Gasteiger partial charge in [-0.05, 0) is 41.0 Å². The van der Waals surface area contributed by atoms with Crippen LogP contribution in [0.25, 0.3) is 10.8 Å². The van der Waals surface area contributed by atoms with E-state index in [1.54, 1.807) is 0 Å². The Morgan fingerprint density at radius 2 is 1.52 bits per heavy atom. The van der Waals surface area contributed by atoms with Crippen molar-refractivity contribution in [3.8, 4) is 5.75 Å². The maximum absolute atomic E-state index is 13.2. The first-order valence-electron chi connectivity index (χ1n) is 13.3. The highest BCUT2D eigenvalue weighted by Gasteiger charge is 2.46. The molecule has 9 heteroatoms. The topological polar surface area (TPSA) is 74.0 Å². The van der Waals surface area contributed by atoms with E-state index in [1.807, 2.05) is 36.4 Å². The van der Waals surface area contributed by atoms with Crippen molar-refractivity contribution in [1.82, 2.24) is 4.67 Å². The van der Waals surface area contributed by atoms with Crippen molar-refractivity contribution in [2.75, 3.05) is 31.5 Å². The molecule has 2 atom stereocenters. The van der Waals surface area contributed by atoms with Crippen LogP contribution in [0.1, 0.15) is 28.7 Å². The molecule has 1 aliphatic heterocycles. The molecule has 0 bridgehead atoms. The monoisotopic (exact) mass is 598 g/mol. The Hall–Kier alpha value is -2.41. The molecule has 0 radical (unpaired) electrons. The first-order chi connectivity index (χ1) is 19.4. The molecule has 0 amide bonds. The molecule has 2 N–H and O–H groups in total. The molecule has 4 aromatic rings. The molecule has 1 aliphatic rings. The number of nitrogens with zero attached hydrogens (tertiary/aromatic N) is 1. The predicted molar refractivity (Wildman–Crippen MR) is 162 cm³/mol. The van der Waals surface area contributed by atoms with E-state index in [0.29, 0.717) is 19.5 Å². The number of aryl methyl sites for hydroxylation is 1. The number of alkyl halides is 2. The van der Waals surface area contributed by atoms with Crippen molar-refractivity contribution in [3.63, 3.8) is 0 Å². The van der Waals surface area contributed by atoms with Gasteiger partial charge in [-0.1, -0.05) is 84.4 Å². The van der Waals surface area contributed by atoms with Crippen molar-refractivity contribution in [2.24, 2.45) is 5.50 Å². The van der Waals surface area contributed by atoms with E-state index < -0.39 is 19.6 Å². The molecule has 6 nitrogen and oxygen atoms in total. The molecule has 0 aromatic heterocycles. The lowest BCUT2D eigenvalue weighted by Crippen LogP contribution is -2.43. The zero-order valence-corrected chi connectivity index (χ0v) is 24.7. The van der Waals surface area contributed by atoms with Gasteiger partial charge in [0.2, 0.25) is 6.29 Å².